The molecule has 0 unspecified atom stereocenters. The van der Waals surface area contributed by atoms with Crippen molar-refractivity contribution in [2.24, 2.45) is 0 Å². The van der Waals surface area contributed by atoms with E-state index in [1.165, 1.54) is 0 Å². The molecule has 3 aromatic carbocycles. The molecule has 0 aliphatic rings. The average molecular weight is 459 g/mol. The van der Waals surface area contributed by atoms with Crippen molar-refractivity contribution in [1.82, 2.24) is 8.75 Å². The predicted molar refractivity (Wildman–Crippen MR) is 129 cm³/mol. The molecule has 0 aliphatic heterocycles. The highest BCUT2D eigenvalue weighted by Crippen LogP contribution is 2.28. The number of ketones is 1. The third-order valence-corrected chi connectivity index (χ3v) is 5.60. The number of benzene rings is 3. The van der Waals surface area contributed by atoms with Crippen molar-refractivity contribution in [2.45, 2.75) is 26.4 Å². The van der Waals surface area contributed by atoms with E-state index >= 15 is 0 Å². The van der Waals surface area contributed by atoms with Gasteiger partial charge in [-0.05, 0) is 61.4 Å². The van der Waals surface area contributed by atoms with Gasteiger partial charge in [0.2, 0.25) is 0 Å². The molecular formula is C26H22N2O4S. The number of carbonyl (C=O) groups is 2. The highest BCUT2D eigenvalue weighted by molar-refractivity contribution is 7.00. The Kier molecular flexibility index (Phi) is 6.60. The van der Waals surface area contributed by atoms with Crippen molar-refractivity contribution in [3.63, 3.8) is 0 Å². The van der Waals surface area contributed by atoms with Crippen molar-refractivity contribution in [1.29, 1.82) is 0 Å². The van der Waals surface area contributed by atoms with Crippen molar-refractivity contribution >= 4 is 40.1 Å². The molecule has 6 nitrogen and oxygen atoms in total. The van der Waals surface area contributed by atoms with Gasteiger partial charge in [-0.15, -0.1) is 0 Å². The van der Waals surface area contributed by atoms with E-state index in [1.807, 2.05) is 44.2 Å². The van der Waals surface area contributed by atoms with Gasteiger partial charge in [0.15, 0.2) is 5.78 Å². The number of rotatable bonds is 8. The molecule has 0 spiro atoms. The zero-order valence-corrected chi connectivity index (χ0v) is 19.0. The molecule has 0 fully saturated rings. The molecule has 4 aromatic rings. The second-order valence-corrected chi connectivity index (χ2v) is 8.34. The van der Waals surface area contributed by atoms with Crippen LogP contribution in [0, 0.1) is 0 Å². The van der Waals surface area contributed by atoms with E-state index in [0.29, 0.717) is 27.9 Å². The number of ether oxygens (including phenoxy) is 1. The monoisotopic (exact) mass is 458 g/mol. The van der Waals surface area contributed by atoms with E-state index < -0.39 is 5.97 Å². The van der Waals surface area contributed by atoms with Gasteiger partial charge in [-0.1, -0.05) is 36.4 Å². The van der Waals surface area contributed by atoms with Crippen LogP contribution >= 0.6 is 11.7 Å². The largest absolute Gasteiger partial charge is 0.491 e. The summed E-state index contributed by atoms with van der Waals surface area (Å²) in [6.07, 6.45) is 0.188. The van der Waals surface area contributed by atoms with Gasteiger partial charge < -0.3 is 9.84 Å². The van der Waals surface area contributed by atoms with Crippen LogP contribution in [0.1, 0.15) is 35.3 Å². The number of hydrogen-bond acceptors (Lipinski definition) is 6. The number of Topliss-reactive ketones (excluding diaryl/α,β-unsaturated/α-hetero) is 1. The number of aliphatic carboxylic acids is 1. The summed E-state index contributed by atoms with van der Waals surface area (Å²) in [5, 5.41) is 10.2. The van der Waals surface area contributed by atoms with Gasteiger partial charge in [0.1, 0.15) is 16.8 Å². The topological polar surface area (TPSA) is 89.4 Å². The molecular weight excluding hydrogens is 436 g/mol. The molecule has 33 heavy (non-hydrogen) atoms. The van der Waals surface area contributed by atoms with Crippen LogP contribution in [0.15, 0.2) is 78.4 Å². The van der Waals surface area contributed by atoms with Crippen molar-refractivity contribution in [3.8, 4) is 5.75 Å². The standard InChI is InChI=1S/C26H22N2O4S/c1-16(2)32-20-11-8-18(9-12-20)25(29)21(14-17-6-4-3-5-7-17)24(26(30)31)19-10-13-22-23(15-19)28-33-27-22/h3-13,15-16H,14H2,1-2H3,(H,30,31). The lowest BCUT2D eigenvalue weighted by molar-refractivity contribution is -0.130. The normalized spacial score (nSPS) is 12.0. The highest BCUT2D eigenvalue weighted by Gasteiger charge is 2.24. The summed E-state index contributed by atoms with van der Waals surface area (Å²) >= 11 is 1.06. The Morgan fingerprint density at radius 3 is 2.24 bits per heavy atom. The number of aromatic nitrogens is 2. The van der Waals surface area contributed by atoms with Crippen molar-refractivity contribution < 1.29 is 19.4 Å². The summed E-state index contributed by atoms with van der Waals surface area (Å²) in [6.45, 7) is 3.85. The summed E-state index contributed by atoms with van der Waals surface area (Å²) in [4.78, 5) is 26.1. The van der Waals surface area contributed by atoms with Crippen LogP contribution in [-0.2, 0) is 11.2 Å². The fraction of sp³-hybridized carbons (Fsp3) is 0.154. The van der Waals surface area contributed by atoms with Gasteiger partial charge in [-0.3, -0.25) is 4.79 Å². The van der Waals surface area contributed by atoms with Crippen LogP contribution in [-0.4, -0.2) is 31.7 Å². The molecule has 7 heteroatoms. The van der Waals surface area contributed by atoms with Crippen LogP contribution in [0.3, 0.4) is 0 Å². The second kappa shape index (κ2) is 9.75. The summed E-state index contributed by atoms with van der Waals surface area (Å²) in [7, 11) is 0. The number of allylic oxidation sites excluding steroid dienone is 1. The lowest BCUT2D eigenvalue weighted by atomic mass is 9.89. The molecule has 0 atom stereocenters. The van der Waals surface area contributed by atoms with Gasteiger partial charge in [0, 0.05) is 17.6 Å². The first-order valence-electron chi connectivity index (χ1n) is 10.5. The fourth-order valence-electron chi connectivity index (χ4n) is 3.58. The first-order chi connectivity index (χ1) is 15.9. The van der Waals surface area contributed by atoms with Gasteiger partial charge >= 0.3 is 5.97 Å². The van der Waals surface area contributed by atoms with Crippen LogP contribution in [0.25, 0.3) is 16.6 Å². The predicted octanol–water partition coefficient (Wildman–Crippen LogP) is 5.44. The van der Waals surface area contributed by atoms with Gasteiger partial charge in [0.25, 0.3) is 0 Å². The van der Waals surface area contributed by atoms with E-state index in [9.17, 15) is 14.7 Å². The smallest absolute Gasteiger partial charge is 0.336 e. The minimum atomic E-state index is -1.17. The molecule has 0 aliphatic carbocycles. The number of nitrogens with zero attached hydrogens (tertiary/aromatic N) is 2. The number of carboxylic acids is 1. The highest BCUT2D eigenvalue weighted by atomic mass is 32.1. The van der Waals surface area contributed by atoms with Crippen LogP contribution in [0.5, 0.6) is 5.75 Å². The first kappa shape index (κ1) is 22.4. The lowest BCUT2D eigenvalue weighted by Gasteiger charge is -2.14. The Bertz CT molecular complexity index is 1330. The molecule has 4 rings (SSSR count). The zero-order valence-electron chi connectivity index (χ0n) is 18.2. The zero-order chi connectivity index (χ0) is 23.4. The van der Waals surface area contributed by atoms with E-state index in [-0.39, 0.29) is 29.5 Å². The molecule has 166 valence electrons. The SMILES string of the molecule is CC(C)Oc1ccc(C(=O)C(Cc2ccccc2)=C(C(=O)O)c2ccc3nsnc3c2)cc1. The lowest BCUT2D eigenvalue weighted by Crippen LogP contribution is -2.14. The maximum absolute atomic E-state index is 13.6. The van der Waals surface area contributed by atoms with Crippen molar-refractivity contribution in [2.75, 3.05) is 0 Å². The van der Waals surface area contributed by atoms with Crippen molar-refractivity contribution in [3.05, 3.63) is 95.1 Å². The van der Waals surface area contributed by atoms with Gasteiger partial charge in [-0.25, -0.2) is 4.79 Å². The first-order valence-corrected chi connectivity index (χ1v) is 11.2. The molecule has 1 heterocycles. The summed E-state index contributed by atoms with van der Waals surface area (Å²) in [5.41, 5.74) is 3.10. The molecule has 0 amide bonds. The average Bonchev–Trinajstić information content (AvgIpc) is 3.27. The Morgan fingerprint density at radius 1 is 0.909 bits per heavy atom. The Morgan fingerprint density at radius 2 is 1.58 bits per heavy atom. The minimum Gasteiger partial charge on any atom is -0.491 e. The number of carbonyl (C=O) groups excluding carboxylic acids is 1. The minimum absolute atomic E-state index is 0.00817. The van der Waals surface area contributed by atoms with Crippen LogP contribution in [0.4, 0.5) is 0 Å². The molecule has 0 saturated heterocycles. The van der Waals surface area contributed by atoms with E-state index in [1.54, 1.807) is 42.5 Å². The third-order valence-electron chi connectivity index (χ3n) is 5.04. The number of fused-ring (bicyclic) bond motifs is 1. The van der Waals surface area contributed by atoms with E-state index in [4.69, 9.17) is 4.74 Å². The second-order valence-electron chi connectivity index (χ2n) is 7.81. The summed E-state index contributed by atoms with van der Waals surface area (Å²) < 4.78 is 14.1. The molecule has 0 radical (unpaired) electrons. The Hall–Kier alpha value is -3.84. The quantitative estimate of drug-likeness (QED) is 0.279. The van der Waals surface area contributed by atoms with Crippen LogP contribution in [0.2, 0.25) is 0 Å². The summed E-state index contributed by atoms with van der Waals surface area (Å²) in [6, 6.07) is 21.2. The fourth-order valence-corrected chi connectivity index (χ4v) is 4.10. The third kappa shape index (κ3) is 5.15. The summed E-state index contributed by atoms with van der Waals surface area (Å²) in [5.74, 6) is -0.865. The molecule has 1 N–H and O–H groups in total. The number of hydrogen-bond donors (Lipinski definition) is 1. The van der Waals surface area contributed by atoms with E-state index in [2.05, 4.69) is 8.75 Å². The Labute approximate surface area is 195 Å². The molecule has 1 aromatic heterocycles. The Balaban J connectivity index is 1.83. The molecule has 0 bridgehead atoms. The van der Waals surface area contributed by atoms with E-state index in [0.717, 1.165) is 17.3 Å². The van der Waals surface area contributed by atoms with Crippen LogP contribution < -0.4 is 4.74 Å². The number of carboxylic acid groups (broad SMARTS) is 1. The maximum atomic E-state index is 13.6. The maximum Gasteiger partial charge on any atom is 0.336 e. The van der Waals surface area contributed by atoms with Gasteiger partial charge in [-0.2, -0.15) is 8.75 Å². The van der Waals surface area contributed by atoms with Gasteiger partial charge in [0.05, 0.1) is 23.4 Å². The molecule has 0 saturated carbocycles.